The normalized spacial score (nSPS) is 11.4. The Morgan fingerprint density at radius 1 is 0.944 bits per heavy atom. The van der Waals surface area contributed by atoms with Gasteiger partial charge in [-0.3, -0.25) is 0 Å². The maximum atomic E-state index is 4.59. The molecular weight excluding hydrogens is 224 g/mol. The molecule has 4 nitrogen and oxygen atoms in total. The van der Waals surface area contributed by atoms with Gasteiger partial charge < -0.3 is 10.6 Å². The van der Waals surface area contributed by atoms with Crippen LogP contribution in [0.4, 0.5) is 11.6 Å². The van der Waals surface area contributed by atoms with E-state index in [9.17, 15) is 0 Å². The van der Waals surface area contributed by atoms with Crippen LogP contribution in [0, 0.1) is 0 Å². The maximum absolute atomic E-state index is 4.59. The number of rotatable bonds is 6. The molecule has 0 unspecified atom stereocenters. The topological polar surface area (TPSA) is 49.8 Å². The van der Waals surface area contributed by atoms with Crippen LogP contribution in [0.2, 0.25) is 0 Å². The van der Waals surface area contributed by atoms with Crippen molar-refractivity contribution in [1.82, 2.24) is 9.97 Å². The fraction of sp³-hybridized carbons (Fsp3) is 0.714. The Morgan fingerprint density at radius 3 is 1.72 bits per heavy atom. The molecule has 0 radical (unpaired) electrons. The van der Waals surface area contributed by atoms with E-state index in [2.05, 4.69) is 55.2 Å². The van der Waals surface area contributed by atoms with Gasteiger partial charge in [-0.15, -0.1) is 0 Å². The lowest BCUT2D eigenvalue weighted by atomic mass is 9.96. The molecule has 0 amide bonds. The number of nitrogens with one attached hydrogen (secondary N) is 2. The minimum Gasteiger partial charge on any atom is -0.370 e. The summed E-state index contributed by atoms with van der Waals surface area (Å²) in [5, 5.41) is 6.67. The van der Waals surface area contributed by atoms with Crippen LogP contribution in [0.15, 0.2) is 6.07 Å². The van der Waals surface area contributed by atoms with Gasteiger partial charge in [0.05, 0.1) is 0 Å². The Hall–Kier alpha value is -1.32. The molecule has 0 fully saturated rings. The van der Waals surface area contributed by atoms with Gasteiger partial charge in [0.1, 0.15) is 17.5 Å². The van der Waals surface area contributed by atoms with E-state index in [4.69, 9.17) is 0 Å². The largest absolute Gasteiger partial charge is 0.370 e. The number of nitrogens with zero attached hydrogens (tertiary/aromatic N) is 2. The van der Waals surface area contributed by atoms with Crippen LogP contribution in [0.25, 0.3) is 0 Å². The van der Waals surface area contributed by atoms with E-state index in [1.807, 2.05) is 6.07 Å². The summed E-state index contributed by atoms with van der Waals surface area (Å²) in [5.41, 5.74) is -0.0352. The number of hydrogen-bond donors (Lipinski definition) is 2. The maximum Gasteiger partial charge on any atom is 0.138 e. The molecule has 0 aliphatic carbocycles. The molecule has 18 heavy (non-hydrogen) atoms. The van der Waals surface area contributed by atoms with Crippen LogP contribution in [0.5, 0.6) is 0 Å². The molecule has 1 aromatic rings. The van der Waals surface area contributed by atoms with Crippen LogP contribution in [0.3, 0.4) is 0 Å². The van der Waals surface area contributed by atoms with Crippen LogP contribution >= 0.6 is 0 Å². The van der Waals surface area contributed by atoms with Gasteiger partial charge in [-0.05, 0) is 12.8 Å². The van der Waals surface area contributed by atoms with E-state index in [0.717, 1.165) is 43.4 Å². The average molecular weight is 250 g/mol. The van der Waals surface area contributed by atoms with Crippen LogP contribution in [0.1, 0.15) is 53.3 Å². The van der Waals surface area contributed by atoms with Crippen molar-refractivity contribution in [2.75, 3.05) is 23.7 Å². The Balaban J connectivity index is 2.96. The van der Waals surface area contributed by atoms with Crippen molar-refractivity contribution in [1.29, 1.82) is 0 Å². The molecule has 0 aromatic carbocycles. The van der Waals surface area contributed by atoms with Crippen LogP contribution in [-0.2, 0) is 5.41 Å². The molecule has 0 saturated heterocycles. The van der Waals surface area contributed by atoms with Crippen LogP contribution < -0.4 is 10.6 Å². The lowest BCUT2D eigenvalue weighted by Gasteiger charge is -2.19. The van der Waals surface area contributed by atoms with Gasteiger partial charge in [0, 0.05) is 24.6 Å². The molecule has 102 valence electrons. The van der Waals surface area contributed by atoms with E-state index < -0.39 is 0 Å². The Kier molecular flexibility index (Phi) is 5.38. The van der Waals surface area contributed by atoms with E-state index in [-0.39, 0.29) is 5.41 Å². The number of aromatic nitrogens is 2. The van der Waals surface area contributed by atoms with Gasteiger partial charge in [0.15, 0.2) is 0 Å². The quantitative estimate of drug-likeness (QED) is 0.812. The standard InChI is InChI=1S/C14H26N4/c1-6-8-15-11-10-12(16-9-7-2)18-13(17-11)14(3,4)5/h10H,6-9H2,1-5H3,(H2,15,16,17,18). The zero-order valence-electron chi connectivity index (χ0n) is 12.3. The summed E-state index contributed by atoms with van der Waals surface area (Å²) in [6.45, 7) is 12.6. The second-order valence-corrected chi connectivity index (χ2v) is 5.57. The summed E-state index contributed by atoms with van der Waals surface area (Å²) < 4.78 is 0. The Labute approximate surface area is 111 Å². The van der Waals surface area contributed by atoms with Crippen molar-refractivity contribution < 1.29 is 0 Å². The van der Waals surface area contributed by atoms with Gasteiger partial charge >= 0.3 is 0 Å². The Bertz CT molecular complexity index is 342. The highest BCUT2D eigenvalue weighted by Gasteiger charge is 2.18. The first-order valence-electron chi connectivity index (χ1n) is 6.84. The minimum absolute atomic E-state index is 0.0352. The molecule has 0 bridgehead atoms. The summed E-state index contributed by atoms with van der Waals surface area (Å²) in [4.78, 5) is 9.18. The third-order valence-corrected chi connectivity index (χ3v) is 2.51. The molecule has 1 heterocycles. The van der Waals surface area contributed by atoms with E-state index in [1.165, 1.54) is 0 Å². The predicted octanol–water partition coefficient (Wildman–Crippen LogP) is 3.42. The van der Waals surface area contributed by atoms with Crippen molar-refractivity contribution in [2.24, 2.45) is 0 Å². The average Bonchev–Trinajstić information content (AvgIpc) is 2.32. The van der Waals surface area contributed by atoms with Crippen molar-refractivity contribution in [3.8, 4) is 0 Å². The van der Waals surface area contributed by atoms with Gasteiger partial charge in [-0.25, -0.2) is 9.97 Å². The molecule has 0 aliphatic rings. The summed E-state index contributed by atoms with van der Waals surface area (Å²) in [7, 11) is 0. The van der Waals surface area contributed by atoms with Gasteiger partial charge in [-0.1, -0.05) is 34.6 Å². The zero-order valence-corrected chi connectivity index (χ0v) is 12.3. The van der Waals surface area contributed by atoms with Crippen molar-refractivity contribution in [2.45, 2.75) is 52.9 Å². The lowest BCUT2D eigenvalue weighted by molar-refractivity contribution is 0.546. The number of hydrogen-bond acceptors (Lipinski definition) is 4. The molecular formula is C14H26N4. The third-order valence-electron chi connectivity index (χ3n) is 2.51. The summed E-state index contributed by atoms with van der Waals surface area (Å²) in [6, 6.07) is 1.99. The van der Waals surface area contributed by atoms with Crippen molar-refractivity contribution >= 4 is 11.6 Å². The second-order valence-electron chi connectivity index (χ2n) is 5.57. The van der Waals surface area contributed by atoms with Crippen LogP contribution in [-0.4, -0.2) is 23.1 Å². The Morgan fingerprint density at radius 2 is 1.39 bits per heavy atom. The highest BCUT2D eigenvalue weighted by Crippen LogP contribution is 2.22. The molecule has 1 rings (SSSR count). The SMILES string of the molecule is CCCNc1cc(NCCC)nc(C(C)(C)C)n1. The van der Waals surface area contributed by atoms with E-state index >= 15 is 0 Å². The first kappa shape index (κ1) is 14.7. The first-order chi connectivity index (χ1) is 8.47. The molecule has 0 aliphatic heterocycles. The third kappa shape index (κ3) is 4.51. The monoisotopic (exact) mass is 250 g/mol. The smallest absolute Gasteiger partial charge is 0.138 e. The molecule has 0 saturated carbocycles. The highest BCUT2D eigenvalue weighted by atomic mass is 15.1. The fourth-order valence-corrected chi connectivity index (χ4v) is 1.47. The highest BCUT2D eigenvalue weighted by molar-refractivity contribution is 5.48. The molecule has 0 spiro atoms. The van der Waals surface area contributed by atoms with Crippen molar-refractivity contribution in [3.63, 3.8) is 0 Å². The van der Waals surface area contributed by atoms with Crippen molar-refractivity contribution in [3.05, 3.63) is 11.9 Å². The van der Waals surface area contributed by atoms with E-state index in [0.29, 0.717) is 0 Å². The minimum atomic E-state index is -0.0352. The molecule has 0 atom stereocenters. The fourth-order valence-electron chi connectivity index (χ4n) is 1.47. The second kappa shape index (κ2) is 6.57. The molecule has 2 N–H and O–H groups in total. The summed E-state index contributed by atoms with van der Waals surface area (Å²) >= 11 is 0. The molecule has 4 heteroatoms. The first-order valence-corrected chi connectivity index (χ1v) is 6.84. The van der Waals surface area contributed by atoms with E-state index in [1.54, 1.807) is 0 Å². The predicted molar refractivity (Wildman–Crippen MR) is 78.3 cm³/mol. The van der Waals surface area contributed by atoms with Gasteiger partial charge in [0.25, 0.3) is 0 Å². The summed E-state index contributed by atoms with van der Waals surface area (Å²) in [6.07, 6.45) is 2.18. The molecule has 1 aromatic heterocycles. The summed E-state index contributed by atoms with van der Waals surface area (Å²) in [5.74, 6) is 2.70. The number of anilines is 2. The van der Waals surface area contributed by atoms with Gasteiger partial charge in [-0.2, -0.15) is 0 Å². The van der Waals surface area contributed by atoms with Gasteiger partial charge in [0.2, 0.25) is 0 Å². The lowest BCUT2D eigenvalue weighted by Crippen LogP contribution is -2.19. The zero-order chi connectivity index (χ0) is 13.6.